The first-order valence-corrected chi connectivity index (χ1v) is 6.32. The minimum atomic E-state index is 0.252. The number of rotatable bonds is 0. The Morgan fingerprint density at radius 3 is 2.89 bits per heavy atom. The van der Waals surface area contributed by atoms with E-state index in [1.807, 2.05) is 32.4 Å². The van der Waals surface area contributed by atoms with Gasteiger partial charge in [-0.2, -0.15) is 0 Å². The summed E-state index contributed by atoms with van der Waals surface area (Å²) in [4.78, 5) is 10.9. The van der Waals surface area contributed by atoms with E-state index in [1.54, 1.807) is 0 Å². The number of nitrogens with zero attached hydrogens (tertiary/aromatic N) is 3. The summed E-state index contributed by atoms with van der Waals surface area (Å²) in [5.41, 5.74) is 5.45. The lowest BCUT2D eigenvalue weighted by atomic mass is 9.92. The lowest BCUT2D eigenvalue weighted by molar-refractivity contribution is 0.725. The van der Waals surface area contributed by atoms with E-state index in [2.05, 4.69) is 27.9 Å². The molecule has 0 bridgehead atoms. The highest BCUT2D eigenvalue weighted by molar-refractivity contribution is 6.33. The number of pyridine rings is 2. The van der Waals surface area contributed by atoms with Gasteiger partial charge in [-0.05, 0) is 25.5 Å². The summed E-state index contributed by atoms with van der Waals surface area (Å²) < 4.78 is 0. The number of fused-ring (bicyclic) bond motifs is 3. The summed E-state index contributed by atoms with van der Waals surface area (Å²) in [7, 11) is 2.05. The maximum absolute atomic E-state index is 6.26. The molecule has 0 fully saturated rings. The summed E-state index contributed by atoms with van der Waals surface area (Å²) >= 11 is 6.26. The molecule has 3 rings (SSSR count). The van der Waals surface area contributed by atoms with Gasteiger partial charge in [-0.15, -0.1) is 0 Å². The van der Waals surface area contributed by atoms with Crippen molar-refractivity contribution in [3.05, 3.63) is 40.8 Å². The monoisotopic (exact) mass is 259 g/mol. The molecule has 2 aromatic rings. The van der Waals surface area contributed by atoms with Crippen LogP contribution in [-0.2, 0) is 0 Å². The van der Waals surface area contributed by atoms with E-state index in [0.717, 1.165) is 22.5 Å². The fourth-order valence-corrected chi connectivity index (χ4v) is 2.83. The topological polar surface area (TPSA) is 29.0 Å². The van der Waals surface area contributed by atoms with Crippen LogP contribution in [0, 0.1) is 6.92 Å². The number of anilines is 1. The lowest BCUT2D eigenvalue weighted by Crippen LogP contribution is -2.27. The quantitative estimate of drug-likeness (QED) is 0.677. The molecule has 0 N–H and O–H groups in total. The molecule has 1 aliphatic rings. The summed E-state index contributed by atoms with van der Waals surface area (Å²) in [6.07, 6.45) is 3.64. The van der Waals surface area contributed by atoms with Crippen LogP contribution in [-0.4, -0.2) is 17.0 Å². The second kappa shape index (κ2) is 3.95. The molecule has 0 saturated carbocycles. The van der Waals surface area contributed by atoms with Crippen molar-refractivity contribution in [2.24, 2.45) is 0 Å². The van der Waals surface area contributed by atoms with Gasteiger partial charge in [0.05, 0.1) is 17.4 Å². The van der Waals surface area contributed by atoms with Gasteiger partial charge in [-0.25, -0.2) is 4.98 Å². The van der Waals surface area contributed by atoms with Crippen molar-refractivity contribution in [1.82, 2.24) is 9.97 Å². The molecule has 0 saturated heterocycles. The zero-order valence-electron chi connectivity index (χ0n) is 10.6. The van der Waals surface area contributed by atoms with Crippen molar-refractivity contribution in [2.75, 3.05) is 11.9 Å². The van der Waals surface area contributed by atoms with Crippen LogP contribution in [0.3, 0.4) is 0 Å². The van der Waals surface area contributed by atoms with Crippen LogP contribution in [0.5, 0.6) is 0 Å². The zero-order chi connectivity index (χ0) is 12.9. The molecule has 0 spiro atoms. The van der Waals surface area contributed by atoms with Gasteiger partial charge in [-0.1, -0.05) is 17.7 Å². The second-order valence-electron chi connectivity index (χ2n) is 4.68. The van der Waals surface area contributed by atoms with E-state index in [9.17, 15) is 0 Å². The molecule has 1 aliphatic heterocycles. The lowest BCUT2D eigenvalue weighted by Gasteiger charge is -2.35. The van der Waals surface area contributed by atoms with E-state index in [-0.39, 0.29) is 6.04 Å². The third-order valence-corrected chi connectivity index (χ3v) is 3.93. The average Bonchev–Trinajstić information content (AvgIpc) is 2.38. The molecule has 2 aromatic heterocycles. The second-order valence-corrected chi connectivity index (χ2v) is 5.04. The molecule has 0 radical (unpaired) electrons. The first-order valence-electron chi connectivity index (χ1n) is 5.94. The normalized spacial score (nSPS) is 17.3. The highest BCUT2D eigenvalue weighted by atomic mass is 35.5. The van der Waals surface area contributed by atoms with Crippen LogP contribution < -0.4 is 4.90 Å². The van der Waals surface area contributed by atoms with Crippen LogP contribution in [0.4, 0.5) is 5.69 Å². The molecule has 3 heterocycles. The number of halogens is 1. The van der Waals surface area contributed by atoms with Gasteiger partial charge in [0.2, 0.25) is 0 Å². The van der Waals surface area contributed by atoms with Gasteiger partial charge in [-0.3, -0.25) is 4.98 Å². The third-order valence-electron chi connectivity index (χ3n) is 3.66. The van der Waals surface area contributed by atoms with Crippen molar-refractivity contribution in [2.45, 2.75) is 19.9 Å². The number of hydrogen-bond acceptors (Lipinski definition) is 3. The molecule has 1 atom stereocenters. The van der Waals surface area contributed by atoms with Crippen molar-refractivity contribution in [3.8, 4) is 11.3 Å². The van der Waals surface area contributed by atoms with Crippen LogP contribution in [0.1, 0.15) is 24.1 Å². The van der Waals surface area contributed by atoms with E-state index in [1.165, 1.54) is 5.56 Å². The summed E-state index contributed by atoms with van der Waals surface area (Å²) in [5.74, 6) is 0. The van der Waals surface area contributed by atoms with E-state index in [0.29, 0.717) is 5.15 Å². The highest BCUT2D eigenvalue weighted by Gasteiger charge is 2.30. The smallest absolute Gasteiger partial charge is 0.153 e. The van der Waals surface area contributed by atoms with Crippen molar-refractivity contribution < 1.29 is 0 Å². The first-order chi connectivity index (χ1) is 8.61. The molecular formula is C14H14ClN3. The fourth-order valence-electron chi connectivity index (χ4n) is 2.56. The number of aromatic nitrogens is 2. The van der Waals surface area contributed by atoms with Gasteiger partial charge in [0.25, 0.3) is 0 Å². The Balaban J connectivity index is 2.41. The summed E-state index contributed by atoms with van der Waals surface area (Å²) in [5, 5.41) is 0.543. The first kappa shape index (κ1) is 11.5. The fraction of sp³-hybridized carbons (Fsp3) is 0.286. The Hall–Kier alpha value is -1.61. The Labute approximate surface area is 111 Å². The van der Waals surface area contributed by atoms with Crippen LogP contribution in [0.25, 0.3) is 11.3 Å². The predicted octanol–water partition coefficient (Wildman–Crippen LogP) is 3.62. The average molecular weight is 260 g/mol. The Kier molecular flexibility index (Phi) is 2.52. The predicted molar refractivity (Wildman–Crippen MR) is 74.0 cm³/mol. The molecule has 4 heteroatoms. The van der Waals surface area contributed by atoms with E-state index < -0.39 is 0 Å². The molecule has 1 unspecified atom stereocenters. The Morgan fingerprint density at radius 2 is 2.11 bits per heavy atom. The minimum absolute atomic E-state index is 0.252. The highest BCUT2D eigenvalue weighted by Crippen LogP contribution is 2.46. The maximum atomic E-state index is 6.26. The van der Waals surface area contributed by atoms with Crippen molar-refractivity contribution >= 4 is 17.3 Å². The van der Waals surface area contributed by atoms with Gasteiger partial charge in [0, 0.05) is 30.6 Å². The van der Waals surface area contributed by atoms with Gasteiger partial charge in [0.1, 0.15) is 0 Å². The summed E-state index contributed by atoms with van der Waals surface area (Å²) in [6.45, 7) is 4.20. The van der Waals surface area contributed by atoms with Crippen LogP contribution in [0.15, 0.2) is 24.5 Å². The van der Waals surface area contributed by atoms with Crippen LogP contribution in [0.2, 0.25) is 5.15 Å². The molecule has 0 aromatic carbocycles. The summed E-state index contributed by atoms with van der Waals surface area (Å²) in [6, 6.07) is 4.36. The largest absolute Gasteiger partial charge is 0.365 e. The van der Waals surface area contributed by atoms with Gasteiger partial charge in [0.15, 0.2) is 5.15 Å². The number of hydrogen-bond donors (Lipinski definition) is 0. The molecule has 0 aliphatic carbocycles. The van der Waals surface area contributed by atoms with E-state index >= 15 is 0 Å². The van der Waals surface area contributed by atoms with Gasteiger partial charge < -0.3 is 4.90 Å². The minimum Gasteiger partial charge on any atom is -0.365 e. The molecule has 0 amide bonds. The maximum Gasteiger partial charge on any atom is 0.153 e. The molecule has 92 valence electrons. The molecular weight excluding hydrogens is 246 g/mol. The Morgan fingerprint density at radius 1 is 1.33 bits per heavy atom. The van der Waals surface area contributed by atoms with Crippen LogP contribution >= 0.6 is 11.6 Å². The molecule has 18 heavy (non-hydrogen) atoms. The zero-order valence-corrected chi connectivity index (χ0v) is 11.4. The molecule has 3 nitrogen and oxygen atoms in total. The Bertz CT molecular complexity index is 624. The number of aryl methyl sites for hydroxylation is 1. The van der Waals surface area contributed by atoms with E-state index in [4.69, 9.17) is 11.6 Å². The van der Waals surface area contributed by atoms with Gasteiger partial charge >= 0.3 is 0 Å². The van der Waals surface area contributed by atoms with Crippen molar-refractivity contribution in [3.63, 3.8) is 0 Å². The SMILES string of the molecule is Cc1cnc(Cl)c2c1-c1ncccc1C(C)N2C. The third kappa shape index (κ3) is 1.44. The van der Waals surface area contributed by atoms with Crippen molar-refractivity contribution in [1.29, 1.82) is 0 Å². The standard InChI is InChI=1S/C14H14ClN3/c1-8-7-17-14(15)13-11(8)12-10(5-4-6-16-12)9(2)18(13)3/h4-7,9H,1-3H3.